The van der Waals surface area contributed by atoms with E-state index in [0.717, 1.165) is 21.1 Å². The van der Waals surface area contributed by atoms with E-state index in [-0.39, 0.29) is 5.97 Å². The fourth-order valence-electron chi connectivity index (χ4n) is 1.80. The predicted octanol–water partition coefficient (Wildman–Crippen LogP) is 2.95. The van der Waals surface area contributed by atoms with Gasteiger partial charge >= 0.3 is 5.97 Å². The third kappa shape index (κ3) is 1.68. The van der Waals surface area contributed by atoms with E-state index in [2.05, 4.69) is 9.97 Å². The SMILES string of the molecule is CCOC(=O)c1cc2cc3ncsc3cc2[nH]1. The monoisotopic (exact) mass is 246 g/mol. The number of fused-ring (bicyclic) bond motifs is 2. The van der Waals surface area contributed by atoms with Gasteiger partial charge in [0.1, 0.15) is 5.69 Å². The zero-order chi connectivity index (χ0) is 11.8. The van der Waals surface area contributed by atoms with E-state index in [9.17, 15) is 4.79 Å². The van der Waals surface area contributed by atoms with Crippen LogP contribution >= 0.6 is 11.3 Å². The summed E-state index contributed by atoms with van der Waals surface area (Å²) in [5, 5.41) is 0.978. The molecule has 1 N–H and O–H groups in total. The first-order chi connectivity index (χ1) is 8.28. The van der Waals surface area contributed by atoms with Crippen LogP contribution in [0.25, 0.3) is 21.1 Å². The van der Waals surface area contributed by atoms with Gasteiger partial charge in [0.25, 0.3) is 0 Å². The lowest BCUT2D eigenvalue weighted by molar-refractivity contribution is 0.0520. The number of nitrogens with zero attached hydrogens (tertiary/aromatic N) is 1. The van der Waals surface area contributed by atoms with Gasteiger partial charge in [-0.3, -0.25) is 0 Å². The summed E-state index contributed by atoms with van der Waals surface area (Å²) in [6, 6.07) is 5.78. The normalized spacial score (nSPS) is 11.1. The number of hydrogen-bond acceptors (Lipinski definition) is 4. The molecule has 0 aliphatic rings. The van der Waals surface area contributed by atoms with Crippen molar-refractivity contribution in [2.75, 3.05) is 6.61 Å². The summed E-state index contributed by atoms with van der Waals surface area (Å²) in [6.07, 6.45) is 0. The van der Waals surface area contributed by atoms with Crippen LogP contribution in [0.15, 0.2) is 23.7 Å². The maximum Gasteiger partial charge on any atom is 0.354 e. The molecule has 0 amide bonds. The molecule has 0 bridgehead atoms. The Labute approximate surface area is 101 Å². The number of rotatable bonds is 2. The van der Waals surface area contributed by atoms with Gasteiger partial charge in [-0.1, -0.05) is 0 Å². The minimum Gasteiger partial charge on any atom is -0.461 e. The topological polar surface area (TPSA) is 55.0 Å². The summed E-state index contributed by atoms with van der Waals surface area (Å²) in [5.41, 5.74) is 4.19. The Hall–Kier alpha value is -1.88. The molecule has 17 heavy (non-hydrogen) atoms. The number of nitrogens with one attached hydrogen (secondary N) is 1. The summed E-state index contributed by atoms with van der Waals surface area (Å²) in [7, 11) is 0. The maximum atomic E-state index is 11.6. The fraction of sp³-hybridized carbons (Fsp3) is 0.167. The van der Waals surface area contributed by atoms with E-state index in [1.165, 1.54) is 0 Å². The average molecular weight is 246 g/mol. The van der Waals surface area contributed by atoms with Gasteiger partial charge in [-0.2, -0.15) is 0 Å². The third-order valence-corrected chi connectivity index (χ3v) is 3.36. The Morgan fingerprint density at radius 2 is 2.35 bits per heavy atom. The van der Waals surface area contributed by atoms with E-state index < -0.39 is 0 Å². The molecule has 0 aliphatic heterocycles. The van der Waals surface area contributed by atoms with Crippen molar-refractivity contribution in [3.8, 4) is 0 Å². The molecule has 4 nitrogen and oxygen atoms in total. The number of thiazole rings is 1. The molecular weight excluding hydrogens is 236 g/mol. The highest BCUT2D eigenvalue weighted by atomic mass is 32.1. The molecule has 0 spiro atoms. The summed E-state index contributed by atoms with van der Waals surface area (Å²) in [5.74, 6) is -0.319. The summed E-state index contributed by atoms with van der Waals surface area (Å²) in [4.78, 5) is 18.9. The van der Waals surface area contributed by atoms with Gasteiger partial charge in [-0.05, 0) is 25.1 Å². The van der Waals surface area contributed by atoms with E-state index in [1.54, 1.807) is 24.3 Å². The molecule has 0 fully saturated rings. The largest absolute Gasteiger partial charge is 0.461 e. The molecular formula is C12H10N2O2S. The zero-order valence-electron chi connectivity index (χ0n) is 9.19. The summed E-state index contributed by atoms with van der Waals surface area (Å²) in [6.45, 7) is 2.17. The Kier molecular flexibility index (Phi) is 2.33. The van der Waals surface area contributed by atoms with Crippen LogP contribution < -0.4 is 0 Å². The van der Waals surface area contributed by atoms with Crippen LogP contribution in [-0.4, -0.2) is 22.5 Å². The van der Waals surface area contributed by atoms with Crippen LogP contribution in [0.3, 0.4) is 0 Å². The lowest BCUT2D eigenvalue weighted by atomic mass is 10.2. The second-order valence-electron chi connectivity index (χ2n) is 3.66. The highest BCUT2D eigenvalue weighted by Gasteiger charge is 2.11. The first kappa shape index (κ1) is 10.3. The first-order valence-electron chi connectivity index (χ1n) is 5.31. The number of aromatic nitrogens is 2. The number of ether oxygens (including phenoxy) is 1. The van der Waals surface area contributed by atoms with Crippen molar-refractivity contribution in [1.82, 2.24) is 9.97 Å². The van der Waals surface area contributed by atoms with Gasteiger partial charge < -0.3 is 9.72 Å². The third-order valence-electron chi connectivity index (χ3n) is 2.57. The van der Waals surface area contributed by atoms with Gasteiger partial charge in [0.15, 0.2) is 0 Å². The van der Waals surface area contributed by atoms with Gasteiger partial charge in [0.2, 0.25) is 0 Å². The Morgan fingerprint density at radius 3 is 3.18 bits per heavy atom. The minimum atomic E-state index is -0.319. The second-order valence-corrected chi connectivity index (χ2v) is 4.55. The molecule has 86 valence electrons. The molecule has 1 aromatic carbocycles. The van der Waals surface area contributed by atoms with Crippen molar-refractivity contribution in [2.45, 2.75) is 6.92 Å². The molecule has 0 saturated heterocycles. The molecule has 0 radical (unpaired) electrons. The summed E-state index contributed by atoms with van der Waals surface area (Å²) < 4.78 is 6.06. The van der Waals surface area contributed by atoms with Crippen molar-refractivity contribution < 1.29 is 9.53 Å². The highest BCUT2D eigenvalue weighted by Crippen LogP contribution is 2.25. The van der Waals surface area contributed by atoms with Crippen LogP contribution in [0.4, 0.5) is 0 Å². The number of benzene rings is 1. The second kappa shape index (κ2) is 3.85. The van der Waals surface area contributed by atoms with Crippen molar-refractivity contribution in [3.05, 3.63) is 29.4 Å². The van der Waals surface area contributed by atoms with Crippen molar-refractivity contribution >= 4 is 38.4 Å². The fourth-order valence-corrected chi connectivity index (χ4v) is 2.50. The van der Waals surface area contributed by atoms with Crippen LogP contribution in [0.5, 0.6) is 0 Å². The van der Waals surface area contributed by atoms with Crippen molar-refractivity contribution in [1.29, 1.82) is 0 Å². The molecule has 2 heterocycles. The number of aromatic amines is 1. The van der Waals surface area contributed by atoms with Gasteiger partial charge in [0.05, 0.1) is 22.3 Å². The minimum absolute atomic E-state index is 0.319. The number of esters is 1. The van der Waals surface area contributed by atoms with E-state index >= 15 is 0 Å². The van der Waals surface area contributed by atoms with Crippen molar-refractivity contribution in [3.63, 3.8) is 0 Å². The van der Waals surface area contributed by atoms with E-state index in [4.69, 9.17) is 4.74 Å². The predicted molar refractivity (Wildman–Crippen MR) is 67.4 cm³/mol. The number of H-pyrrole nitrogens is 1. The number of hydrogen-bond donors (Lipinski definition) is 1. The first-order valence-corrected chi connectivity index (χ1v) is 6.19. The van der Waals surface area contributed by atoms with Crippen LogP contribution in [0, 0.1) is 0 Å². The molecule has 0 aliphatic carbocycles. The van der Waals surface area contributed by atoms with Crippen LogP contribution in [0.2, 0.25) is 0 Å². The molecule has 5 heteroatoms. The van der Waals surface area contributed by atoms with Gasteiger partial charge in [-0.25, -0.2) is 9.78 Å². The standard InChI is InChI=1S/C12H10N2O2S/c1-2-16-12(15)10-4-7-3-9-11(17-6-13-9)5-8(7)14-10/h3-6,14H,2H2,1H3. The lowest BCUT2D eigenvalue weighted by Gasteiger charge is -1.96. The quantitative estimate of drug-likeness (QED) is 0.707. The smallest absolute Gasteiger partial charge is 0.354 e. The van der Waals surface area contributed by atoms with Gasteiger partial charge in [-0.15, -0.1) is 11.3 Å². The molecule has 2 aromatic heterocycles. The Balaban J connectivity index is 2.14. The van der Waals surface area contributed by atoms with E-state index in [1.807, 2.05) is 17.6 Å². The number of carbonyl (C=O) groups is 1. The Morgan fingerprint density at radius 1 is 1.47 bits per heavy atom. The van der Waals surface area contributed by atoms with Gasteiger partial charge in [0, 0.05) is 10.9 Å². The maximum absolute atomic E-state index is 11.6. The Bertz CT molecular complexity index is 651. The summed E-state index contributed by atoms with van der Waals surface area (Å²) >= 11 is 1.58. The average Bonchev–Trinajstić information content (AvgIpc) is 2.90. The highest BCUT2D eigenvalue weighted by molar-refractivity contribution is 7.16. The molecule has 0 saturated carbocycles. The zero-order valence-corrected chi connectivity index (χ0v) is 10.0. The molecule has 3 aromatic rings. The van der Waals surface area contributed by atoms with E-state index in [0.29, 0.717) is 12.3 Å². The van der Waals surface area contributed by atoms with Crippen LogP contribution in [-0.2, 0) is 4.74 Å². The molecule has 0 atom stereocenters. The van der Waals surface area contributed by atoms with Crippen molar-refractivity contribution in [2.24, 2.45) is 0 Å². The lowest BCUT2D eigenvalue weighted by Crippen LogP contribution is -2.04. The number of carbonyl (C=O) groups excluding carboxylic acids is 1. The molecule has 3 rings (SSSR count). The van der Waals surface area contributed by atoms with Crippen LogP contribution in [0.1, 0.15) is 17.4 Å². The molecule has 0 unspecified atom stereocenters.